The van der Waals surface area contributed by atoms with Crippen LogP contribution in [-0.4, -0.2) is 11.9 Å². The predicted octanol–water partition coefficient (Wildman–Crippen LogP) is 3.80. The second-order valence-corrected chi connectivity index (χ2v) is 5.86. The number of hydrogen-bond donors (Lipinski definition) is 0. The van der Waals surface area contributed by atoms with Gasteiger partial charge in [0.25, 0.3) is 0 Å². The number of carbonyl (C=O) groups is 1. The van der Waals surface area contributed by atoms with E-state index >= 15 is 0 Å². The molecule has 0 radical (unpaired) electrons. The van der Waals surface area contributed by atoms with Gasteiger partial charge in [-0.3, -0.25) is 4.79 Å². The fraction of sp³-hybridized carbons (Fsp3) is 0.562. The van der Waals surface area contributed by atoms with Crippen LogP contribution in [0.2, 0.25) is 0 Å². The summed E-state index contributed by atoms with van der Waals surface area (Å²) in [6.45, 7) is 1.91. The number of ether oxygens (including phenoxy) is 1. The second-order valence-electron chi connectivity index (χ2n) is 5.86. The monoisotopic (exact) mass is 262 g/mol. The van der Waals surface area contributed by atoms with Crippen LogP contribution in [0, 0.1) is 18.2 Å². The molecule has 1 spiro atoms. The van der Waals surface area contributed by atoms with E-state index in [-0.39, 0.29) is 17.3 Å². The molecule has 0 bridgehead atoms. The molecule has 1 unspecified atom stereocenters. The summed E-state index contributed by atoms with van der Waals surface area (Å²) in [5.41, 5.74) is 0.656. The third-order valence-corrected chi connectivity index (χ3v) is 4.71. The maximum atomic E-state index is 13.3. The number of benzene rings is 1. The molecule has 19 heavy (non-hydrogen) atoms. The summed E-state index contributed by atoms with van der Waals surface area (Å²) in [5.74, 6) is 0.637. The van der Waals surface area contributed by atoms with Crippen molar-refractivity contribution < 1.29 is 13.9 Å². The molecule has 3 heteroatoms. The third kappa shape index (κ3) is 2.05. The molecule has 0 saturated heterocycles. The van der Waals surface area contributed by atoms with Gasteiger partial charge >= 0.3 is 0 Å². The van der Waals surface area contributed by atoms with E-state index in [0.29, 0.717) is 18.0 Å². The molecule has 1 aromatic carbocycles. The minimum absolute atomic E-state index is 0.0548. The maximum absolute atomic E-state index is 13.3. The molecule has 2 nitrogen and oxygen atoms in total. The number of ketones is 1. The Kier molecular flexibility index (Phi) is 3.08. The van der Waals surface area contributed by atoms with E-state index in [9.17, 15) is 9.18 Å². The number of hydrogen-bond acceptors (Lipinski definition) is 2. The quantitative estimate of drug-likeness (QED) is 0.810. The molecule has 2 aliphatic carbocycles. The lowest BCUT2D eigenvalue weighted by molar-refractivity contribution is -0.156. The van der Waals surface area contributed by atoms with Crippen molar-refractivity contribution in [2.24, 2.45) is 5.41 Å². The Morgan fingerprint density at radius 3 is 2.68 bits per heavy atom. The Bertz CT molecular complexity index is 503. The summed E-state index contributed by atoms with van der Waals surface area (Å²) >= 11 is 0. The van der Waals surface area contributed by atoms with Crippen molar-refractivity contribution in [2.45, 2.75) is 51.6 Å². The van der Waals surface area contributed by atoms with Crippen LogP contribution in [0.5, 0.6) is 5.75 Å². The van der Waals surface area contributed by atoms with Crippen molar-refractivity contribution in [3.05, 3.63) is 29.6 Å². The van der Waals surface area contributed by atoms with Gasteiger partial charge in [-0.15, -0.1) is 0 Å². The van der Waals surface area contributed by atoms with Gasteiger partial charge in [-0.2, -0.15) is 0 Å². The molecule has 0 aliphatic heterocycles. The fourth-order valence-corrected chi connectivity index (χ4v) is 3.41. The zero-order valence-electron chi connectivity index (χ0n) is 11.2. The van der Waals surface area contributed by atoms with Crippen LogP contribution in [0.3, 0.4) is 0 Å². The lowest BCUT2D eigenvalue weighted by Gasteiger charge is -2.49. The Morgan fingerprint density at radius 1 is 1.26 bits per heavy atom. The molecular formula is C16H19FO2. The molecule has 2 saturated carbocycles. The summed E-state index contributed by atoms with van der Waals surface area (Å²) in [4.78, 5) is 12.0. The number of rotatable bonds is 2. The van der Waals surface area contributed by atoms with Gasteiger partial charge in [-0.25, -0.2) is 4.39 Å². The molecule has 0 N–H and O–H groups in total. The molecule has 1 aromatic rings. The average Bonchev–Trinajstić information content (AvgIpc) is 2.43. The summed E-state index contributed by atoms with van der Waals surface area (Å²) in [7, 11) is 0. The van der Waals surface area contributed by atoms with E-state index in [2.05, 4.69) is 0 Å². The van der Waals surface area contributed by atoms with Crippen LogP contribution in [0.1, 0.15) is 44.1 Å². The van der Waals surface area contributed by atoms with Gasteiger partial charge in [0.1, 0.15) is 23.5 Å². The summed E-state index contributed by atoms with van der Waals surface area (Å²) in [5, 5.41) is 0. The highest BCUT2D eigenvalue weighted by Crippen LogP contribution is 2.50. The van der Waals surface area contributed by atoms with Crippen molar-refractivity contribution in [3.8, 4) is 5.75 Å². The Hall–Kier alpha value is -1.38. The molecule has 2 aliphatic rings. The standard InChI is InChI=1S/C16H19FO2/c1-11-5-6-12(17)9-13(11)19-15-10-14(18)16(15)7-3-2-4-8-16/h5-6,9,15H,2-4,7-8,10H2,1H3. The van der Waals surface area contributed by atoms with Crippen LogP contribution in [0.15, 0.2) is 18.2 Å². The van der Waals surface area contributed by atoms with Crippen LogP contribution in [0.4, 0.5) is 4.39 Å². The SMILES string of the molecule is Cc1ccc(F)cc1OC1CC(=O)C12CCCCC2. The van der Waals surface area contributed by atoms with Crippen molar-refractivity contribution in [1.82, 2.24) is 0 Å². The summed E-state index contributed by atoms with van der Waals surface area (Å²) in [6.07, 6.45) is 5.72. The molecule has 0 heterocycles. The number of aryl methyl sites for hydroxylation is 1. The summed E-state index contributed by atoms with van der Waals surface area (Å²) < 4.78 is 19.2. The first-order valence-electron chi connectivity index (χ1n) is 7.08. The minimum Gasteiger partial charge on any atom is -0.489 e. The average molecular weight is 262 g/mol. The van der Waals surface area contributed by atoms with Gasteiger partial charge in [0.05, 0.1) is 5.41 Å². The van der Waals surface area contributed by atoms with E-state index in [1.54, 1.807) is 6.07 Å². The van der Waals surface area contributed by atoms with Gasteiger partial charge < -0.3 is 4.74 Å². The number of halogens is 1. The molecule has 0 amide bonds. The largest absolute Gasteiger partial charge is 0.489 e. The maximum Gasteiger partial charge on any atom is 0.146 e. The molecular weight excluding hydrogens is 243 g/mol. The second kappa shape index (κ2) is 4.62. The smallest absolute Gasteiger partial charge is 0.146 e. The molecule has 2 fully saturated rings. The molecule has 102 valence electrons. The normalized spacial score (nSPS) is 25.2. The van der Waals surface area contributed by atoms with E-state index in [1.165, 1.54) is 18.6 Å². The molecule has 1 atom stereocenters. The minimum atomic E-state index is -0.288. The van der Waals surface area contributed by atoms with E-state index in [4.69, 9.17) is 4.74 Å². The Balaban J connectivity index is 1.80. The fourth-order valence-electron chi connectivity index (χ4n) is 3.41. The summed E-state index contributed by atoms with van der Waals surface area (Å²) in [6, 6.07) is 4.58. The van der Waals surface area contributed by atoms with Gasteiger partial charge in [0, 0.05) is 12.5 Å². The lowest BCUT2D eigenvalue weighted by Crippen LogP contribution is -2.57. The van der Waals surface area contributed by atoms with E-state index < -0.39 is 0 Å². The van der Waals surface area contributed by atoms with Crippen molar-refractivity contribution in [3.63, 3.8) is 0 Å². The van der Waals surface area contributed by atoms with Crippen LogP contribution < -0.4 is 4.74 Å². The van der Waals surface area contributed by atoms with Crippen LogP contribution in [0.25, 0.3) is 0 Å². The molecule has 3 rings (SSSR count). The lowest BCUT2D eigenvalue weighted by atomic mass is 9.57. The van der Waals surface area contributed by atoms with Gasteiger partial charge in [0.15, 0.2) is 0 Å². The van der Waals surface area contributed by atoms with Crippen molar-refractivity contribution >= 4 is 5.78 Å². The topological polar surface area (TPSA) is 26.3 Å². The third-order valence-electron chi connectivity index (χ3n) is 4.71. The molecule has 0 aromatic heterocycles. The van der Waals surface area contributed by atoms with Gasteiger partial charge in [-0.1, -0.05) is 25.3 Å². The van der Waals surface area contributed by atoms with Gasteiger partial charge in [0.2, 0.25) is 0 Å². The predicted molar refractivity (Wildman–Crippen MR) is 70.7 cm³/mol. The van der Waals surface area contributed by atoms with E-state index in [1.807, 2.05) is 6.92 Å². The number of carbonyl (C=O) groups excluding carboxylic acids is 1. The van der Waals surface area contributed by atoms with Crippen LogP contribution in [-0.2, 0) is 4.79 Å². The first kappa shape index (κ1) is 12.6. The number of Topliss-reactive ketones (excluding diaryl/α,β-unsaturated/α-hetero) is 1. The van der Waals surface area contributed by atoms with Gasteiger partial charge in [-0.05, 0) is 31.4 Å². The zero-order chi connectivity index (χ0) is 13.5. The zero-order valence-corrected chi connectivity index (χ0v) is 11.2. The van der Waals surface area contributed by atoms with Crippen molar-refractivity contribution in [2.75, 3.05) is 0 Å². The van der Waals surface area contributed by atoms with E-state index in [0.717, 1.165) is 31.2 Å². The van der Waals surface area contributed by atoms with Crippen LogP contribution >= 0.6 is 0 Å². The first-order valence-corrected chi connectivity index (χ1v) is 7.08. The highest BCUT2D eigenvalue weighted by atomic mass is 19.1. The Morgan fingerprint density at radius 2 is 2.00 bits per heavy atom. The first-order chi connectivity index (χ1) is 9.12. The highest BCUT2D eigenvalue weighted by molar-refractivity contribution is 5.92. The highest BCUT2D eigenvalue weighted by Gasteiger charge is 2.56. The van der Waals surface area contributed by atoms with Crippen molar-refractivity contribution in [1.29, 1.82) is 0 Å². The Labute approximate surface area is 113 Å².